The second-order valence-corrected chi connectivity index (χ2v) is 4.14. The Balaban J connectivity index is 3.26. The fourth-order valence-corrected chi connectivity index (χ4v) is 1.53. The molecule has 0 aromatic heterocycles. The maximum atomic E-state index is 10.9. The second-order valence-electron chi connectivity index (χ2n) is 2.75. The van der Waals surface area contributed by atoms with E-state index in [2.05, 4.69) is 17.0 Å². The van der Waals surface area contributed by atoms with E-state index in [0.29, 0.717) is 0 Å². The smallest absolute Gasteiger partial charge is 0.322 e. The van der Waals surface area contributed by atoms with E-state index in [1.165, 1.54) is 7.11 Å². The molecule has 0 bridgehead atoms. The molecule has 78 valence electrons. The highest BCUT2D eigenvalue weighted by Crippen LogP contribution is 1.99. The number of methoxy groups -OCH3 is 1. The van der Waals surface area contributed by atoms with Gasteiger partial charge in [-0.15, -0.1) is 0 Å². The topological polar surface area (TPSA) is 38.3 Å². The Bertz CT molecular complexity index is 142. The summed E-state index contributed by atoms with van der Waals surface area (Å²) in [5.41, 5.74) is 0. The summed E-state index contributed by atoms with van der Waals surface area (Å²) in [6.45, 7) is 4.84. The van der Waals surface area contributed by atoms with Crippen LogP contribution >= 0.6 is 11.8 Å². The van der Waals surface area contributed by atoms with Gasteiger partial charge in [0.1, 0.15) is 6.04 Å². The first-order chi connectivity index (χ1) is 6.22. The van der Waals surface area contributed by atoms with Crippen LogP contribution in [0, 0.1) is 0 Å². The summed E-state index contributed by atoms with van der Waals surface area (Å²) in [4.78, 5) is 10.9. The van der Waals surface area contributed by atoms with Crippen LogP contribution in [0.5, 0.6) is 0 Å². The zero-order valence-electron chi connectivity index (χ0n) is 8.63. The van der Waals surface area contributed by atoms with E-state index in [-0.39, 0.29) is 12.0 Å². The van der Waals surface area contributed by atoms with Crippen molar-refractivity contribution < 1.29 is 9.53 Å². The fraction of sp³-hybridized carbons (Fsp3) is 0.889. The first-order valence-electron chi connectivity index (χ1n) is 4.61. The summed E-state index contributed by atoms with van der Waals surface area (Å²) in [6.07, 6.45) is 1.10. The predicted molar refractivity (Wildman–Crippen MR) is 57.1 cm³/mol. The molecule has 0 spiro atoms. The molecule has 0 fully saturated rings. The molecule has 0 heterocycles. The predicted octanol–water partition coefficient (Wildman–Crippen LogP) is 1.28. The van der Waals surface area contributed by atoms with E-state index in [1.54, 1.807) is 0 Å². The van der Waals surface area contributed by atoms with Gasteiger partial charge in [-0.05, 0) is 31.4 Å². The van der Waals surface area contributed by atoms with Crippen molar-refractivity contribution in [3.8, 4) is 0 Å². The van der Waals surface area contributed by atoms with Gasteiger partial charge in [-0.2, -0.15) is 11.8 Å². The van der Waals surface area contributed by atoms with Crippen LogP contribution in [-0.2, 0) is 9.53 Å². The second kappa shape index (κ2) is 8.38. The van der Waals surface area contributed by atoms with Crippen molar-refractivity contribution in [2.45, 2.75) is 26.3 Å². The number of hydrogen-bond donors (Lipinski definition) is 1. The molecule has 3 nitrogen and oxygen atoms in total. The fourth-order valence-electron chi connectivity index (χ4n) is 0.897. The molecule has 13 heavy (non-hydrogen) atoms. The summed E-state index contributed by atoms with van der Waals surface area (Å²) in [7, 11) is 1.41. The van der Waals surface area contributed by atoms with Gasteiger partial charge in [-0.3, -0.25) is 4.79 Å². The van der Waals surface area contributed by atoms with Gasteiger partial charge in [0.25, 0.3) is 0 Å². The molecule has 1 atom stereocenters. The lowest BCUT2D eigenvalue weighted by Gasteiger charge is -2.10. The Hall–Kier alpha value is -0.220. The van der Waals surface area contributed by atoms with Crippen LogP contribution in [0.1, 0.15) is 20.3 Å². The third kappa shape index (κ3) is 6.90. The lowest BCUT2D eigenvalue weighted by molar-refractivity contribution is -0.142. The number of hydrogen-bond acceptors (Lipinski definition) is 4. The minimum absolute atomic E-state index is 0.184. The van der Waals surface area contributed by atoms with Gasteiger partial charge < -0.3 is 10.1 Å². The van der Waals surface area contributed by atoms with Gasteiger partial charge in [0, 0.05) is 0 Å². The van der Waals surface area contributed by atoms with Crippen LogP contribution in [0.3, 0.4) is 0 Å². The van der Waals surface area contributed by atoms with E-state index < -0.39 is 0 Å². The van der Waals surface area contributed by atoms with Crippen LogP contribution in [0.25, 0.3) is 0 Å². The molecular weight excluding hydrogens is 186 g/mol. The van der Waals surface area contributed by atoms with E-state index in [0.717, 1.165) is 24.5 Å². The van der Waals surface area contributed by atoms with Crippen molar-refractivity contribution in [3.05, 3.63) is 0 Å². The summed E-state index contributed by atoms with van der Waals surface area (Å²) in [5, 5.41) is 3.10. The van der Waals surface area contributed by atoms with Crippen LogP contribution in [0.15, 0.2) is 0 Å². The number of carbonyl (C=O) groups is 1. The van der Waals surface area contributed by atoms with Crippen molar-refractivity contribution in [2.75, 3.05) is 25.2 Å². The number of carbonyl (C=O) groups excluding carboxylic acids is 1. The zero-order valence-corrected chi connectivity index (χ0v) is 9.45. The summed E-state index contributed by atoms with van der Waals surface area (Å²) >= 11 is 1.92. The van der Waals surface area contributed by atoms with Crippen molar-refractivity contribution in [1.82, 2.24) is 5.32 Å². The number of rotatable bonds is 7. The Morgan fingerprint density at radius 2 is 2.31 bits per heavy atom. The van der Waals surface area contributed by atoms with E-state index in [9.17, 15) is 4.79 Å². The van der Waals surface area contributed by atoms with Crippen LogP contribution < -0.4 is 5.32 Å². The molecule has 0 aromatic rings. The highest BCUT2D eigenvalue weighted by Gasteiger charge is 2.10. The lowest BCUT2D eigenvalue weighted by atomic mass is 10.3. The lowest BCUT2D eigenvalue weighted by Crippen LogP contribution is -2.35. The first kappa shape index (κ1) is 12.8. The molecule has 0 radical (unpaired) electrons. The molecule has 0 saturated heterocycles. The molecule has 0 aliphatic carbocycles. The SMILES string of the molecule is CCSCCCN[C@@H](C)C(=O)OC. The van der Waals surface area contributed by atoms with Gasteiger partial charge in [0.05, 0.1) is 7.11 Å². The summed E-state index contributed by atoms with van der Waals surface area (Å²) < 4.78 is 4.58. The van der Waals surface area contributed by atoms with Crippen molar-refractivity contribution >= 4 is 17.7 Å². The Morgan fingerprint density at radius 3 is 2.85 bits per heavy atom. The average molecular weight is 205 g/mol. The maximum absolute atomic E-state index is 10.9. The van der Waals surface area contributed by atoms with Crippen molar-refractivity contribution in [2.24, 2.45) is 0 Å². The van der Waals surface area contributed by atoms with Gasteiger partial charge in [-0.25, -0.2) is 0 Å². The van der Waals surface area contributed by atoms with Gasteiger partial charge in [-0.1, -0.05) is 6.92 Å². The van der Waals surface area contributed by atoms with Crippen LogP contribution in [-0.4, -0.2) is 37.2 Å². The van der Waals surface area contributed by atoms with Crippen LogP contribution in [0.2, 0.25) is 0 Å². The van der Waals surface area contributed by atoms with Crippen molar-refractivity contribution in [1.29, 1.82) is 0 Å². The minimum Gasteiger partial charge on any atom is -0.468 e. The first-order valence-corrected chi connectivity index (χ1v) is 5.76. The Labute approximate surface area is 84.6 Å². The highest BCUT2D eigenvalue weighted by molar-refractivity contribution is 7.99. The summed E-state index contributed by atoms with van der Waals surface area (Å²) in [5.74, 6) is 2.12. The number of nitrogens with one attached hydrogen (secondary N) is 1. The third-order valence-electron chi connectivity index (χ3n) is 1.67. The van der Waals surface area contributed by atoms with Crippen molar-refractivity contribution in [3.63, 3.8) is 0 Å². The van der Waals surface area contributed by atoms with Gasteiger partial charge in [0.15, 0.2) is 0 Å². The number of ether oxygens (including phenoxy) is 1. The third-order valence-corrected chi connectivity index (χ3v) is 2.66. The number of esters is 1. The Kier molecular flexibility index (Phi) is 8.24. The quantitative estimate of drug-likeness (QED) is 0.502. The zero-order chi connectivity index (χ0) is 10.1. The van der Waals surface area contributed by atoms with E-state index >= 15 is 0 Å². The molecule has 4 heteroatoms. The molecular formula is C9H19NO2S. The molecule has 0 aliphatic rings. The Morgan fingerprint density at radius 1 is 1.62 bits per heavy atom. The van der Waals surface area contributed by atoms with Gasteiger partial charge >= 0.3 is 5.97 Å². The molecule has 1 N–H and O–H groups in total. The molecule has 0 aliphatic heterocycles. The average Bonchev–Trinajstić information content (AvgIpc) is 2.16. The highest BCUT2D eigenvalue weighted by atomic mass is 32.2. The van der Waals surface area contributed by atoms with E-state index in [4.69, 9.17) is 0 Å². The normalized spacial score (nSPS) is 12.5. The molecule has 0 amide bonds. The van der Waals surface area contributed by atoms with E-state index in [1.807, 2.05) is 18.7 Å². The maximum Gasteiger partial charge on any atom is 0.322 e. The van der Waals surface area contributed by atoms with Gasteiger partial charge in [0.2, 0.25) is 0 Å². The standard InChI is InChI=1S/C9H19NO2S/c1-4-13-7-5-6-10-8(2)9(11)12-3/h8,10H,4-7H2,1-3H3/t8-/m0/s1. The minimum atomic E-state index is -0.192. The molecule has 0 saturated carbocycles. The molecule has 0 rings (SSSR count). The number of thioether (sulfide) groups is 1. The summed E-state index contributed by atoms with van der Waals surface area (Å²) in [6, 6.07) is -0.184. The molecule has 0 unspecified atom stereocenters. The molecule has 0 aromatic carbocycles. The monoisotopic (exact) mass is 205 g/mol. The largest absolute Gasteiger partial charge is 0.468 e. The van der Waals surface area contributed by atoms with Crippen LogP contribution in [0.4, 0.5) is 0 Å².